The maximum Gasteiger partial charge on any atom is -0.0173 e. The minimum Gasteiger partial charge on any atom is -0.0814 e. The van der Waals surface area contributed by atoms with Crippen LogP contribution in [0.25, 0.3) is 0 Å². The highest BCUT2D eigenvalue weighted by atomic mass is 14.4. The van der Waals surface area contributed by atoms with Gasteiger partial charge in [0.15, 0.2) is 0 Å². The van der Waals surface area contributed by atoms with E-state index in [0.717, 1.165) is 5.92 Å². The molecule has 1 unspecified atom stereocenters. The van der Waals surface area contributed by atoms with Crippen molar-refractivity contribution in [3.8, 4) is 0 Å². The average Bonchev–Trinajstić information content (AvgIpc) is 1.92. The van der Waals surface area contributed by atoms with Crippen molar-refractivity contribution in [2.75, 3.05) is 0 Å². The summed E-state index contributed by atoms with van der Waals surface area (Å²) in [4.78, 5) is 0. The number of rotatable bonds is 0. The van der Waals surface area contributed by atoms with Gasteiger partial charge in [0.1, 0.15) is 0 Å². The summed E-state index contributed by atoms with van der Waals surface area (Å²) in [5.74, 6) is 0.732. The summed E-state index contributed by atoms with van der Waals surface area (Å²) in [5.41, 5.74) is 2.54. The van der Waals surface area contributed by atoms with Gasteiger partial charge >= 0.3 is 0 Å². The molecule has 1 aliphatic carbocycles. The molecule has 1 rings (SSSR count). The lowest BCUT2D eigenvalue weighted by molar-refractivity contribution is 0.227. The first-order chi connectivity index (χ1) is 5.73. The Bertz CT molecular complexity index is 213. The summed E-state index contributed by atoms with van der Waals surface area (Å²) in [6.45, 7) is 14.1. The second-order valence-corrected chi connectivity index (χ2v) is 6.22. The molecule has 0 aromatic rings. The van der Waals surface area contributed by atoms with Crippen molar-refractivity contribution in [3.05, 3.63) is 11.6 Å². The van der Waals surface area contributed by atoms with E-state index in [1.165, 1.54) is 12.8 Å². The van der Waals surface area contributed by atoms with Crippen LogP contribution in [0.3, 0.4) is 0 Å². The Morgan fingerprint density at radius 1 is 1.31 bits per heavy atom. The van der Waals surface area contributed by atoms with Crippen LogP contribution in [0.2, 0.25) is 0 Å². The van der Waals surface area contributed by atoms with E-state index in [1.807, 2.05) is 0 Å². The van der Waals surface area contributed by atoms with E-state index in [-0.39, 0.29) is 0 Å². The molecule has 13 heavy (non-hydrogen) atoms. The van der Waals surface area contributed by atoms with Crippen LogP contribution in [0, 0.1) is 16.7 Å². The van der Waals surface area contributed by atoms with Gasteiger partial charge in [0.05, 0.1) is 0 Å². The largest absolute Gasteiger partial charge is 0.0814 e. The van der Waals surface area contributed by atoms with E-state index in [0.29, 0.717) is 10.8 Å². The molecule has 0 fully saturated rings. The molecule has 1 atom stereocenters. The molecule has 0 N–H and O–H groups in total. The SMILES string of the molecule is CC1C=C(C(C)(C)C)CCC1(C)C. The van der Waals surface area contributed by atoms with E-state index >= 15 is 0 Å². The van der Waals surface area contributed by atoms with Gasteiger partial charge in [-0.2, -0.15) is 0 Å². The highest BCUT2D eigenvalue weighted by molar-refractivity contribution is 5.17. The van der Waals surface area contributed by atoms with Gasteiger partial charge in [0.25, 0.3) is 0 Å². The zero-order valence-corrected chi connectivity index (χ0v) is 10.1. The molecule has 0 aromatic heterocycles. The summed E-state index contributed by atoms with van der Waals surface area (Å²) in [6, 6.07) is 0. The fraction of sp³-hybridized carbons (Fsp3) is 0.846. The van der Waals surface area contributed by atoms with Crippen LogP contribution >= 0.6 is 0 Å². The first kappa shape index (κ1) is 10.8. The summed E-state index contributed by atoms with van der Waals surface area (Å²) >= 11 is 0. The Labute approximate surface area is 83.4 Å². The molecule has 0 aromatic carbocycles. The zero-order valence-electron chi connectivity index (χ0n) is 10.1. The van der Waals surface area contributed by atoms with E-state index in [4.69, 9.17) is 0 Å². The quantitative estimate of drug-likeness (QED) is 0.484. The topological polar surface area (TPSA) is 0 Å². The number of hydrogen-bond acceptors (Lipinski definition) is 0. The van der Waals surface area contributed by atoms with Gasteiger partial charge in [0.2, 0.25) is 0 Å². The Balaban J connectivity index is 2.85. The molecule has 0 amide bonds. The fourth-order valence-corrected chi connectivity index (χ4v) is 1.92. The van der Waals surface area contributed by atoms with E-state index in [2.05, 4.69) is 47.6 Å². The van der Waals surface area contributed by atoms with E-state index in [1.54, 1.807) is 5.57 Å². The van der Waals surface area contributed by atoms with Crippen LogP contribution in [0.4, 0.5) is 0 Å². The number of allylic oxidation sites excluding steroid dienone is 2. The maximum atomic E-state index is 2.50. The van der Waals surface area contributed by atoms with Gasteiger partial charge in [0, 0.05) is 0 Å². The van der Waals surface area contributed by atoms with Crippen molar-refractivity contribution in [1.29, 1.82) is 0 Å². The fourth-order valence-electron chi connectivity index (χ4n) is 1.92. The van der Waals surface area contributed by atoms with Crippen molar-refractivity contribution in [2.45, 2.75) is 54.4 Å². The van der Waals surface area contributed by atoms with Crippen molar-refractivity contribution in [1.82, 2.24) is 0 Å². The molecular weight excluding hydrogens is 156 g/mol. The van der Waals surface area contributed by atoms with Gasteiger partial charge in [-0.1, -0.05) is 53.2 Å². The third-order valence-corrected chi connectivity index (χ3v) is 3.69. The second-order valence-electron chi connectivity index (χ2n) is 6.22. The summed E-state index contributed by atoms with van der Waals surface area (Å²) in [7, 11) is 0. The first-order valence-corrected chi connectivity index (χ1v) is 5.45. The van der Waals surface area contributed by atoms with Gasteiger partial charge in [-0.3, -0.25) is 0 Å². The average molecular weight is 180 g/mol. The number of hydrogen-bond donors (Lipinski definition) is 0. The molecule has 0 radical (unpaired) electrons. The third kappa shape index (κ3) is 2.36. The molecule has 0 saturated heterocycles. The highest BCUT2D eigenvalue weighted by Crippen LogP contribution is 2.43. The predicted octanol–water partition coefficient (Wildman–Crippen LogP) is 4.42. The molecule has 0 aliphatic heterocycles. The normalized spacial score (nSPS) is 28.5. The molecule has 0 bridgehead atoms. The van der Waals surface area contributed by atoms with Crippen molar-refractivity contribution < 1.29 is 0 Å². The van der Waals surface area contributed by atoms with Crippen LogP contribution in [-0.4, -0.2) is 0 Å². The van der Waals surface area contributed by atoms with Crippen LogP contribution in [0.5, 0.6) is 0 Å². The summed E-state index contributed by atoms with van der Waals surface area (Å²) in [5, 5.41) is 0. The van der Waals surface area contributed by atoms with E-state index in [9.17, 15) is 0 Å². The molecule has 0 spiro atoms. The lowest BCUT2D eigenvalue weighted by Gasteiger charge is -2.38. The van der Waals surface area contributed by atoms with Crippen molar-refractivity contribution in [2.24, 2.45) is 16.7 Å². The van der Waals surface area contributed by atoms with Gasteiger partial charge < -0.3 is 0 Å². The smallest absolute Gasteiger partial charge is 0.0173 e. The standard InChI is InChI=1S/C13H24/c1-10-9-11(12(2,3)4)7-8-13(10,5)6/h9-10H,7-8H2,1-6H3. The maximum absolute atomic E-state index is 2.50. The predicted molar refractivity (Wildman–Crippen MR) is 59.7 cm³/mol. The molecule has 0 nitrogen and oxygen atoms in total. The van der Waals surface area contributed by atoms with E-state index < -0.39 is 0 Å². The Morgan fingerprint density at radius 2 is 1.85 bits per heavy atom. The van der Waals surface area contributed by atoms with Gasteiger partial charge in [-0.05, 0) is 29.6 Å². The van der Waals surface area contributed by atoms with Gasteiger partial charge in [-0.25, -0.2) is 0 Å². The van der Waals surface area contributed by atoms with Gasteiger partial charge in [-0.15, -0.1) is 0 Å². The highest BCUT2D eigenvalue weighted by Gasteiger charge is 2.31. The summed E-state index contributed by atoms with van der Waals surface area (Å²) < 4.78 is 0. The van der Waals surface area contributed by atoms with Crippen LogP contribution in [0.1, 0.15) is 54.4 Å². The molecule has 1 aliphatic rings. The van der Waals surface area contributed by atoms with Crippen molar-refractivity contribution in [3.63, 3.8) is 0 Å². The minimum atomic E-state index is 0.380. The Morgan fingerprint density at radius 3 is 2.23 bits per heavy atom. The Kier molecular flexibility index (Phi) is 2.62. The van der Waals surface area contributed by atoms with Crippen LogP contribution in [-0.2, 0) is 0 Å². The van der Waals surface area contributed by atoms with Crippen LogP contribution in [0.15, 0.2) is 11.6 Å². The molecular formula is C13H24. The third-order valence-electron chi connectivity index (χ3n) is 3.69. The molecule has 0 heterocycles. The molecule has 0 heteroatoms. The zero-order chi connectivity index (χ0) is 10.3. The second kappa shape index (κ2) is 3.15. The first-order valence-electron chi connectivity index (χ1n) is 5.45. The van der Waals surface area contributed by atoms with Crippen molar-refractivity contribution >= 4 is 0 Å². The van der Waals surface area contributed by atoms with Crippen LogP contribution < -0.4 is 0 Å². The lowest BCUT2D eigenvalue weighted by Crippen LogP contribution is -2.27. The lowest BCUT2D eigenvalue weighted by atomic mass is 9.67. The monoisotopic (exact) mass is 180 g/mol. The molecule has 76 valence electrons. The Hall–Kier alpha value is -0.260. The molecule has 0 saturated carbocycles. The minimum absolute atomic E-state index is 0.380. The summed E-state index contributed by atoms with van der Waals surface area (Å²) in [6.07, 6.45) is 5.14.